The molecule has 0 spiro atoms. The molecule has 1 aliphatic carbocycles. The van der Waals surface area contributed by atoms with E-state index < -0.39 is 10.0 Å². The first-order chi connectivity index (χ1) is 14.9. The molecule has 0 radical (unpaired) electrons. The molecule has 2 fully saturated rings. The maximum Gasteiger partial charge on any atom is 0.261 e. The van der Waals surface area contributed by atoms with Gasteiger partial charge in [-0.25, -0.2) is 8.42 Å². The van der Waals surface area contributed by atoms with Gasteiger partial charge in [-0.05, 0) is 56.2 Å². The van der Waals surface area contributed by atoms with Crippen LogP contribution < -0.4 is 9.62 Å². The first-order valence-corrected chi connectivity index (χ1v) is 12.6. The van der Waals surface area contributed by atoms with E-state index in [1.165, 1.54) is 63.3 Å². The molecule has 0 amide bonds. The van der Waals surface area contributed by atoms with Gasteiger partial charge in [-0.2, -0.15) is 0 Å². The van der Waals surface area contributed by atoms with E-state index >= 15 is 0 Å². The van der Waals surface area contributed by atoms with Gasteiger partial charge in [0.1, 0.15) is 0 Å². The van der Waals surface area contributed by atoms with Crippen LogP contribution in [0.25, 0.3) is 0 Å². The van der Waals surface area contributed by atoms with E-state index in [0.29, 0.717) is 11.3 Å². The molecule has 0 bridgehead atoms. The van der Waals surface area contributed by atoms with Crippen LogP contribution >= 0.6 is 0 Å². The van der Waals surface area contributed by atoms with Crippen LogP contribution in [0.15, 0.2) is 53.4 Å². The highest BCUT2D eigenvalue weighted by atomic mass is 32.2. The van der Waals surface area contributed by atoms with Gasteiger partial charge in [0, 0.05) is 49.2 Å². The van der Waals surface area contributed by atoms with Gasteiger partial charge in [0.05, 0.1) is 4.90 Å². The summed E-state index contributed by atoms with van der Waals surface area (Å²) in [6, 6.07) is 14.3. The highest BCUT2D eigenvalue weighted by Crippen LogP contribution is 2.26. The van der Waals surface area contributed by atoms with Crippen molar-refractivity contribution in [2.24, 2.45) is 0 Å². The zero-order valence-corrected chi connectivity index (χ0v) is 18.9. The number of benzene rings is 2. The third-order valence-corrected chi connectivity index (χ3v) is 7.86. The third-order valence-electron chi connectivity index (χ3n) is 6.46. The molecule has 1 heterocycles. The number of piperazine rings is 1. The highest BCUT2D eigenvalue weighted by molar-refractivity contribution is 7.92. The molecule has 4 rings (SSSR count). The van der Waals surface area contributed by atoms with Crippen molar-refractivity contribution in [3.63, 3.8) is 0 Å². The number of hydrogen-bond donors (Lipinski definition) is 1. The molecule has 1 N–H and O–H groups in total. The molecule has 2 aliphatic rings. The van der Waals surface area contributed by atoms with Gasteiger partial charge in [0.15, 0.2) is 5.78 Å². The van der Waals surface area contributed by atoms with E-state index in [0.717, 1.165) is 37.9 Å². The van der Waals surface area contributed by atoms with Crippen molar-refractivity contribution in [2.45, 2.75) is 50.0 Å². The normalized spacial score (nSPS) is 18.7. The molecule has 2 aromatic carbocycles. The first kappa shape index (κ1) is 21.8. The summed E-state index contributed by atoms with van der Waals surface area (Å²) in [6.45, 7) is 5.65. The van der Waals surface area contributed by atoms with E-state index in [1.54, 1.807) is 0 Å². The van der Waals surface area contributed by atoms with Crippen molar-refractivity contribution in [3.05, 3.63) is 54.1 Å². The molecule has 0 unspecified atom stereocenters. The van der Waals surface area contributed by atoms with Crippen LogP contribution in [0.5, 0.6) is 0 Å². The lowest BCUT2D eigenvalue weighted by Crippen LogP contribution is -2.50. The van der Waals surface area contributed by atoms with Crippen molar-refractivity contribution in [3.8, 4) is 0 Å². The Balaban J connectivity index is 1.35. The molecule has 31 heavy (non-hydrogen) atoms. The van der Waals surface area contributed by atoms with Crippen LogP contribution in [0.4, 0.5) is 11.4 Å². The molecule has 0 aromatic heterocycles. The summed E-state index contributed by atoms with van der Waals surface area (Å²) in [6.07, 6.45) is 6.79. The Kier molecular flexibility index (Phi) is 6.62. The predicted molar refractivity (Wildman–Crippen MR) is 124 cm³/mol. The van der Waals surface area contributed by atoms with Gasteiger partial charge >= 0.3 is 0 Å². The summed E-state index contributed by atoms with van der Waals surface area (Å²) in [5, 5.41) is 0. The fourth-order valence-corrected chi connectivity index (χ4v) is 5.67. The smallest absolute Gasteiger partial charge is 0.261 e. The minimum Gasteiger partial charge on any atom is -0.369 e. The fraction of sp³-hybridized carbons (Fsp3) is 0.458. The lowest BCUT2D eigenvalue weighted by molar-refractivity contribution is 0.101. The van der Waals surface area contributed by atoms with Crippen LogP contribution in [0, 0.1) is 0 Å². The van der Waals surface area contributed by atoms with Crippen molar-refractivity contribution >= 4 is 27.2 Å². The zero-order chi connectivity index (χ0) is 21.8. The maximum absolute atomic E-state index is 12.6. The second-order valence-electron chi connectivity index (χ2n) is 8.55. The van der Waals surface area contributed by atoms with E-state index in [9.17, 15) is 13.2 Å². The lowest BCUT2D eigenvalue weighted by Gasteiger charge is -2.41. The molecule has 6 nitrogen and oxygen atoms in total. The highest BCUT2D eigenvalue weighted by Gasteiger charge is 2.25. The number of hydrogen-bond acceptors (Lipinski definition) is 5. The number of Topliss-reactive ketones (excluding diaryl/α,β-unsaturated/α-hetero) is 1. The average Bonchev–Trinajstić information content (AvgIpc) is 2.80. The van der Waals surface area contributed by atoms with Crippen molar-refractivity contribution in [2.75, 3.05) is 35.8 Å². The topological polar surface area (TPSA) is 69.7 Å². The van der Waals surface area contributed by atoms with Gasteiger partial charge in [0.25, 0.3) is 10.0 Å². The van der Waals surface area contributed by atoms with Gasteiger partial charge in [-0.1, -0.05) is 31.4 Å². The number of ketones is 1. The van der Waals surface area contributed by atoms with Gasteiger partial charge in [-0.3, -0.25) is 14.4 Å². The SMILES string of the molecule is CC(=O)c1ccc(S(=O)(=O)Nc2ccc(N3CCN(C4CCCCC4)CC3)cc2)cc1. The van der Waals surface area contributed by atoms with Crippen molar-refractivity contribution in [1.82, 2.24) is 4.90 Å². The second-order valence-corrected chi connectivity index (χ2v) is 10.2. The zero-order valence-electron chi connectivity index (χ0n) is 18.1. The number of rotatable bonds is 6. The van der Waals surface area contributed by atoms with Crippen LogP contribution in [0.3, 0.4) is 0 Å². The second kappa shape index (κ2) is 9.40. The Morgan fingerprint density at radius 2 is 1.48 bits per heavy atom. The average molecular weight is 442 g/mol. The number of sulfonamides is 1. The minimum absolute atomic E-state index is 0.0907. The molecular weight excluding hydrogens is 410 g/mol. The number of carbonyl (C=O) groups excluding carboxylic acids is 1. The summed E-state index contributed by atoms with van der Waals surface area (Å²) in [5.41, 5.74) is 2.14. The third kappa shape index (κ3) is 5.28. The summed E-state index contributed by atoms with van der Waals surface area (Å²) < 4.78 is 27.9. The van der Waals surface area contributed by atoms with Crippen LogP contribution in [0.1, 0.15) is 49.4 Å². The van der Waals surface area contributed by atoms with E-state index in [2.05, 4.69) is 14.5 Å². The van der Waals surface area contributed by atoms with Crippen molar-refractivity contribution in [1.29, 1.82) is 0 Å². The first-order valence-electron chi connectivity index (χ1n) is 11.2. The molecule has 1 saturated carbocycles. The van der Waals surface area contributed by atoms with Gasteiger partial charge in [-0.15, -0.1) is 0 Å². The summed E-state index contributed by atoms with van der Waals surface area (Å²) in [4.78, 5) is 16.5. The van der Waals surface area contributed by atoms with Gasteiger partial charge < -0.3 is 4.90 Å². The Morgan fingerprint density at radius 1 is 0.871 bits per heavy atom. The van der Waals surface area contributed by atoms with Crippen LogP contribution in [-0.4, -0.2) is 51.3 Å². The number of nitrogens with one attached hydrogen (secondary N) is 1. The van der Waals surface area contributed by atoms with Crippen LogP contribution in [-0.2, 0) is 10.0 Å². The maximum atomic E-state index is 12.6. The molecule has 166 valence electrons. The minimum atomic E-state index is -3.69. The Morgan fingerprint density at radius 3 is 2.06 bits per heavy atom. The predicted octanol–water partition coefficient (Wildman–Crippen LogP) is 4.14. The number of carbonyl (C=O) groups is 1. The molecule has 1 saturated heterocycles. The van der Waals surface area contributed by atoms with E-state index in [1.807, 2.05) is 24.3 Å². The Bertz CT molecular complexity index is 989. The Labute approximate surface area is 185 Å². The summed E-state index contributed by atoms with van der Waals surface area (Å²) in [5.74, 6) is -0.0907. The molecular formula is C24H31N3O3S. The number of nitrogens with zero attached hydrogens (tertiary/aromatic N) is 2. The molecule has 2 aromatic rings. The standard InChI is InChI=1S/C24H31N3O3S/c1-19(28)20-7-13-24(14-8-20)31(29,30)25-21-9-11-23(12-10-21)27-17-15-26(16-18-27)22-5-3-2-4-6-22/h7-14,22,25H,2-6,15-18H2,1H3. The van der Waals surface area contributed by atoms with E-state index in [4.69, 9.17) is 0 Å². The van der Waals surface area contributed by atoms with Gasteiger partial charge in [0.2, 0.25) is 0 Å². The van der Waals surface area contributed by atoms with E-state index in [-0.39, 0.29) is 10.7 Å². The quantitative estimate of drug-likeness (QED) is 0.682. The Hall–Kier alpha value is -2.38. The largest absolute Gasteiger partial charge is 0.369 e. The summed E-state index contributed by atoms with van der Waals surface area (Å²) in [7, 11) is -3.69. The fourth-order valence-electron chi connectivity index (χ4n) is 4.61. The molecule has 1 aliphatic heterocycles. The summed E-state index contributed by atoms with van der Waals surface area (Å²) >= 11 is 0. The number of anilines is 2. The van der Waals surface area contributed by atoms with Crippen LogP contribution in [0.2, 0.25) is 0 Å². The lowest BCUT2D eigenvalue weighted by atomic mass is 9.94. The molecule has 7 heteroatoms. The molecule has 0 atom stereocenters. The van der Waals surface area contributed by atoms with Crippen molar-refractivity contribution < 1.29 is 13.2 Å². The monoisotopic (exact) mass is 441 g/mol.